The number of aliphatic imine (C=N–C) groups is 1. The number of furan rings is 1. The van der Waals surface area contributed by atoms with Crippen molar-refractivity contribution < 1.29 is 4.42 Å². The van der Waals surface area contributed by atoms with E-state index >= 15 is 0 Å². The lowest BCUT2D eigenvalue weighted by Crippen LogP contribution is -2.24. The molecule has 0 spiro atoms. The van der Waals surface area contributed by atoms with E-state index in [0.29, 0.717) is 22.8 Å². The minimum Gasteiger partial charge on any atom is -0.456 e. The van der Waals surface area contributed by atoms with Crippen LogP contribution in [0.4, 0.5) is 11.4 Å². The molecule has 2 unspecified atom stereocenters. The average molecular weight is 569 g/mol. The van der Waals surface area contributed by atoms with Crippen LogP contribution in [0, 0.1) is 0 Å². The fourth-order valence-electron chi connectivity index (χ4n) is 5.80. The molecule has 206 valence electrons. The van der Waals surface area contributed by atoms with E-state index in [1.807, 2.05) is 42.5 Å². The maximum Gasteiger partial charge on any atom is 0.136 e. The highest BCUT2D eigenvalue weighted by molar-refractivity contribution is 6.33. The molecule has 6 heteroatoms. The van der Waals surface area contributed by atoms with Gasteiger partial charge in [-0.25, -0.2) is 0 Å². The Balaban J connectivity index is 1.35. The zero-order valence-electron chi connectivity index (χ0n) is 22.8. The first-order valence-corrected chi connectivity index (χ1v) is 14.3. The minimum atomic E-state index is -0.346. The fraction of sp³-hybridized carbons (Fsp3) is 0.0833. The highest BCUT2D eigenvalue weighted by Crippen LogP contribution is 2.37. The maximum atomic E-state index is 6.36. The lowest BCUT2D eigenvalue weighted by atomic mass is 9.94. The van der Waals surface area contributed by atoms with Gasteiger partial charge in [-0.3, -0.25) is 10.3 Å². The van der Waals surface area contributed by atoms with Crippen molar-refractivity contribution in [2.24, 2.45) is 4.99 Å². The molecule has 2 atom stereocenters. The number of nitrogens with one attached hydrogen (secondary N) is 1. The molecule has 2 heterocycles. The molecule has 0 fully saturated rings. The van der Waals surface area contributed by atoms with Gasteiger partial charge in [0.05, 0.1) is 16.4 Å². The van der Waals surface area contributed by atoms with Gasteiger partial charge in [0.1, 0.15) is 17.3 Å². The topological polar surface area (TPSA) is 89.6 Å². The Hall–Kier alpha value is -4.84. The standard InChI is InChI=1S/C36H29ClN4O/c1-21-16-32(22-8-3-2-4-9-22)40-36(25-11-7-10-23(17-25)28-19-31(39)29(37)20-30(28)38)41-35(21)24-14-15-27-26-12-5-6-13-33(26)42-34(27)18-24/h2-15,17-20,32,36,40H,1,16,38-39H2. The highest BCUT2D eigenvalue weighted by atomic mass is 35.5. The summed E-state index contributed by atoms with van der Waals surface area (Å²) < 4.78 is 6.21. The molecular formula is C36H29ClN4O. The normalized spacial score (nSPS) is 17.4. The number of rotatable bonds is 4. The molecular weight excluding hydrogens is 540 g/mol. The summed E-state index contributed by atoms with van der Waals surface area (Å²) in [6.45, 7) is 4.51. The van der Waals surface area contributed by atoms with Crippen LogP contribution in [0.25, 0.3) is 33.1 Å². The largest absolute Gasteiger partial charge is 0.456 e. The van der Waals surface area contributed by atoms with Gasteiger partial charge in [0.25, 0.3) is 0 Å². The second-order valence-corrected chi connectivity index (χ2v) is 11.1. The van der Waals surface area contributed by atoms with Gasteiger partial charge in [-0.05, 0) is 65.1 Å². The van der Waals surface area contributed by atoms with Crippen molar-refractivity contribution >= 4 is 50.6 Å². The number of nitrogen functional groups attached to an aromatic ring is 2. The second kappa shape index (κ2) is 10.5. The first-order chi connectivity index (χ1) is 20.4. The number of halogens is 1. The number of benzene rings is 5. The van der Waals surface area contributed by atoms with Gasteiger partial charge in [-0.2, -0.15) is 0 Å². The predicted octanol–water partition coefficient (Wildman–Crippen LogP) is 8.85. The first-order valence-electron chi connectivity index (χ1n) is 13.9. The zero-order valence-corrected chi connectivity index (χ0v) is 23.6. The summed E-state index contributed by atoms with van der Waals surface area (Å²) in [6.07, 6.45) is 0.361. The number of nitrogens with two attached hydrogens (primary N) is 2. The summed E-state index contributed by atoms with van der Waals surface area (Å²) in [6, 6.07) is 36.6. The van der Waals surface area contributed by atoms with Crippen LogP contribution in [-0.4, -0.2) is 5.71 Å². The molecule has 0 saturated heterocycles. The van der Waals surface area contributed by atoms with Crippen molar-refractivity contribution in [3.8, 4) is 11.1 Å². The quantitative estimate of drug-likeness (QED) is 0.185. The SMILES string of the molecule is C=C1CC(c2ccccc2)NC(c2cccc(-c3cc(N)c(Cl)cc3N)c2)N=C1c1ccc2c(c1)oc1ccccc12. The van der Waals surface area contributed by atoms with Crippen LogP contribution in [0.5, 0.6) is 0 Å². The molecule has 0 saturated carbocycles. The Bertz CT molecular complexity index is 2010. The monoisotopic (exact) mass is 568 g/mol. The van der Waals surface area contributed by atoms with Crippen molar-refractivity contribution in [1.29, 1.82) is 0 Å². The van der Waals surface area contributed by atoms with Crippen molar-refractivity contribution in [2.75, 3.05) is 11.5 Å². The number of anilines is 2. The van der Waals surface area contributed by atoms with Crippen molar-refractivity contribution in [1.82, 2.24) is 5.32 Å². The number of fused-ring (bicyclic) bond motifs is 3. The van der Waals surface area contributed by atoms with E-state index in [2.05, 4.69) is 72.6 Å². The van der Waals surface area contributed by atoms with Crippen LogP contribution < -0.4 is 16.8 Å². The lowest BCUT2D eigenvalue weighted by Gasteiger charge is -2.22. The third-order valence-corrected chi connectivity index (χ3v) is 8.27. The maximum absolute atomic E-state index is 6.36. The van der Waals surface area contributed by atoms with Crippen LogP contribution in [0.3, 0.4) is 0 Å². The predicted molar refractivity (Wildman–Crippen MR) is 175 cm³/mol. The smallest absolute Gasteiger partial charge is 0.136 e. The molecule has 1 aromatic heterocycles. The van der Waals surface area contributed by atoms with Gasteiger partial charge in [0, 0.05) is 33.6 Å². The fourth-order valence-corrected chi connectivity index (χ4v) is 5.98. The van der Waals surface area contributed by atoms with Crippen LogP contribution in [0.2, 0.25) is 5.02 Å². The number of nitrogens with zero attached hydrogens (tertiary/aromatic N) is 1. The highest BCUT2D eigenvalue weighted by Gasteiger charge is 2.26. The van der Waals surface area contributed by atoms with Gasteiger partial charge in [0.15, 0.2) is 0 Å². The van der Waals surface area contributed by atoms with Crippen molar-refractivity contribution in [2.45, 2.75) is 18.6 Å². The van der Waals surface area contributed by atoms with E-state index in [1.165, 1.54) is 5.56 Å². The molecule has 5 N–H and O–H groups in total. The molecule has 0 radical (unpaired) electrons. The Kier molecular flexibility index (Phi) is 6.54. The molecule has 1 aliphatic heterocycles. The first kappa shape index (κ1) is 26.1. The van der Waals surface area contributed by atoms with E-state index in [-0.39, 0.29) is 12.2 Å². The van der Waals surface area contributed by atoms with Crippen LogP contribution in [0.1, 0.15) is 35.3 Å². The van der Waals surface area contributed by atoms with Crippen molar-refractivity contribution in [3.05, 3.63) is 143 Å². The lowest BCUT2D eigenvalue weighted by molar-refractivity contribution is 0.465. The molecule has 1 aliphatic rings. The van der Waals surface area contributed by atoms with E-state index in [4.69, 9.17) is 32.5 Å². The van der Waals surface area contributed by atoms with Gasteiger partial charge < -0.3 is 15.9 Å². The zero-order chi connectivity index (χ0) is 28.8. The molecule has 0 bridgehead atoms. The van der Waals surface area contributed by atoms with Gasteiger partial charge in [0.2, 0.25) is 0 Å². The Morgan fingerprint density at radius 3 is 2.36 bits per heavy atom. The summed E-state index contributed by atoms with van der Waals surface area (Å²) >= 11 is 6.22. The van der Waals surface area contributed by atoms with E-state index in [9.17, 15) is 0 Å². The summed E-state index contributed by atoms with van der Waals surface area (Å²) in [4.78, 5) is 5.31. The Morgan fingerprint density at radius 2 is 1.50 bits per heavy atom. The molecule has 5 aromatic carbocycles. The number of para-hydroxylation sites is 1. The summed E-state index contributed by atoms with van der Waals surface area (Å²) in [7, 11) is 0. The second-order valence-electron chi connectivity index (χ2n) is 10.7. The molecule has 5 nitrogen and oxygen atoms in total. The third kappa shape index (κ3) is 4.73. The molecule has 0 aliphatic carbocycles. The molecule has 7 rings (SSSR count). The third-order valence-electron chi connectivity index (χ3n) is 7.94. The molecule has 42 heavy (non-hydrogen) atoms. The Labute approximate surface area is 249 Å². The van der Waals surface area contributed by atoms with Crippen LogP contribution in [0.15, 0.2) is 131 Å². The summed E-state index contributed by atoms with van der Waals surface area (Å²) in [5.41, 5.74) is 22.0. The Morgan fingerprint density at radius 1 is 0.738 bits per heavy atom. The van der Waals surface area contributed by atoms with Crippen LogP contribution in [-0.2, 0) is 0 Å². The number of hydrogen-bond acceptors (Lipinski definition) is 5. The van der Waals surface area contributed by atoms with Crippen molar-refractivity contribution in [3.63, 3.8) is 0 Å². The van der Waals surface area contributed by atoms with Crippen LogP contribution >= 0.6 is 11.6 Å². The van der Waals surface area contributed by atoms with E-state index < -0.39 is 0 Å². The molecule has 6 aromatic rings. The van der Waals surface area contributed by atoms with E-state index in [0.717, 1.165) is 55.5 Å². The number of hydrogen-bond donors (Lipinski definition) is 3. The average Bonchev–Trinajstić information content (AvgIpc) is 3.28. The minimum absolute atomic E-state index is 0.0137. The summed E-state index contributed by atoms with van der Waals surface area (Å²) in [5.74, 6) is 0. The molecule has 0 amide bonds. The van der Waals surface area contributed by atoms with E-state index in [1.54, 1.807) is 6.07 Å². The van der Waals surface area contributed by atoms with Gasteiger partial charge in [-0.1, -0.05) is 91.0 Å². The van der Waals surface area contributed by atoms with Gasteiger partial charge in [-0.15, -0.1) is 0 Å². The van der Waals surface area contributed by atoms with Gasteiger partial charge >= 0.3 is 0 Å². The summed E-state index contributed by atoms with van der Waals surface area (Å²) in [5, 5.41) is 6.43.